The Morgan fingerprint density at radius 3 is 1.33 bits per heavy atom. The molecule has 0 aliphatic heterocycles. The Morgan fingerprint density at radius 1 is 0.540 bits per heavy atom. The van der Waals surface area contributed by atoms with Gasteiger partial charge in [-0.05, 0) is 44.9 Å². The van der Waals surface area contributed by atoms with Crippen LogP contribution in [0.5, 0.6) is 0 Å². The Bertz CT molecular complexity index is 1080. The molecule has 0 spiro atoms. The van der Waals surface area contributed by atoms with Crippen LogP contribution < -0.4 is 5.32 Å². The second-order valence-corrected chi connectivity index (χ2v) is 21.4. The minimum Gasteiger partial charge on any atom is -0.391 e. The number of hydrogen-bond acceptors (Lipinski definition) is 5. The summed E-state index contributed by atoms with van der Waals surface area (Å²) in [7, 11) is 1.62. The first-order valence-electron chi connectivity index (χ1n) is 27.2. The van der Waals surface area contributed by atoms with Crippen LogP contribution in [0, 0.1) is 0 Å². The number of unbranched alkanes of at least 4 members (excludes halogenated alkanes) is 33. The van der Waals surface area contributed by atoms with Crippen LogP contribution in [-0.4, -0.2) is 73.4 Å². The van der Waals surface area contributed by atoms with Crippen LogP contribution in [-0.2, 0) is 18.4 Å². The maximum Gasteiger partial charge on any atom is 0.472 e. The minimum atomic E-state index is -4.32. The van der Waals surface area contributed by atoms with E-state index in [0.29, 0.717) is 23.9 Å². The molecule has 9 heteroatoms. The molecule has 0 aliphatic carbocycles. The third kappa shape index (κ3) is 48.7. The zero-order valence-corrected chi connectivity index (χ0v) is 43.5. The van der Waals surface area contributed by atoms with Gasteiger partial charge in [-0.1, -0.05) is 237 Å². The highest BCUT2D eigenvalue weighted by molar-refractivity contribution is 7.47. The molecule has 0 aromatic rings. The van der Waals surface area contributed by atoms with Crippen LogP contribution in [0.15, 0.2) is 24.3 Å². The molecule has 0 aliphatic rings. The fourth-order valence-electron chi connectivity index (χ4n) is 8.14. The molecule has 374 valence electrons. The number of rotatable bonds is 50. The number of likely N-dealkylation sites (N-methyl/N-ethyl adjacent to an activating group) is 1. The maximum atomic E-state index is 13.0. The van der Waals surface area contributed by atoms with Crippen molar-refractivity contribution in [3.63, 3.8) is 0 Å². The van der Waals surface area contributed by atoms with Crippen molar-refractivity contribution >= 4 is 13.7 Å². The van der Waals surface area contributed by atoms with Crippen LogP contribution in [0.4, 0.5) is 0 Å². The molecule has 0 rings (SSSR count). The summed E-state index contributed by atoms with van der Waals surface area (Å²) in [5.41, 5.74) is 0. The molecular formula is C54H108N2O6P+. The largest absolute Gasteiger partial charge is 0.472 e. The molecule has 63 heavy (non-hydrogen) atoms. The van der Waals surface area contributed by atoms with Gasteiger partial charge in [0.2, 0.25) is 5.91 Å². The van der Waals surface area contributed by atoms with Gasteiger partial charge in [0.1, 0.15) is 13.2 Å². The van der Waals surface area contributed by atoms with Crippen molar-refractivity contribution in [2.75, 3.05) is 40.9 Å². The van der Waals surface area contributed by atoms with E-state index in [1.165, 1.54) is 186 Å². The van der Waals surface area contributed by atoms with Gasteiger partial charge in [0.15, 0.2) is 0 Å². The Kier molecular flexibility index (Phi) is 45.4. The summed E-state index contributed by atoms with van der Waals surface area (Å²) >= 11 is 0. The predicted molar refractivity (Wildman–Crippen MR) is 272 cm³/mol. The number of hydrogen-bond donors (Lipinski definition) is 3. The minimum absolute atomic E-state index is 0.0740. The predicted octanol–water partition coefficient (Wildman–Crippen LogP) is 16.0. The number of nitrogens with one attached hydrogen (secondary N) is 1. The summed E-state index contributed by atoms with van der Waals surface area (Å²) in [5, 5.41) is 14.0. The molecule has 0 aromatic heterocycles. The Labute approximate surface area is 392 Å². The average molecular weight is 912 g/mol. The van der Waals surface area contributed by atoms with Crippen molar-refractivity contribution in [3.05, 3.63) is 24.3 Å². The third-order valence-corrected chi connectivity index (χ3v) is 13.4. The van der Waals surface area contributed by atoms with Crippen molar-refractivity contribution in [3.8, 4) is 0 Å². The molecule has 0 saturated carbocycles. The molecule has 0 bridgehead atoms. The standard InChI is InChI=1S/C54H107N2O6P/c1-6-8-10-12-14-16-18-20-22-24-25-26-27-28-29-30-32-33-35-37-39-41-43-45-47-53(57)52(51-62-63(59,60)61-50-49-56(3,4)5)55-54(58)48-46-44-42-40-38-36-34-31-23-21-19-17-15-13-11-9-7-2/h15,17,21,23,52-53,57H,6-14,16,18-20,22,24-51H2,1-5H3,(H-,55,58,59,60)/p+1/b17-15-,23-21-. The molecule has 0 aromatic carbocycles. The van der Waals surface area contributed by atoms with E-state index >= 15 is 0 Å². The lowest BCUT2D eigenvalue weighted by Crippen LogP contribution is -2.46. The van der Waals surface area contributed by atoms with E-state index in [9.17, 15) is 19.4 Å². The molecule has 3 unspecified atom stereocenters. The van der Waals surface area contributed by atoms with Gasteiger partial charge in [0.25, 0.3) is 0 Å². The Balaban J connectivity index is 4.19. The van der Waals surface area contributed by atoms with E-state index in [1.54, 1.807) is 0 Å². The summed E-state index contributed by atoms with van der Waals surface area (Å²) < 4.78 is 23.7. The lowest BCUT2D eigenvalue weighted by atomic mass is 10.0. The zero-order chi connectivity index (χ0) is 46.4. The highest BCUT2D eigenvalue weighted by Crippen LogP contribution is 2.43. The van der Waals surface area contributed by atoms with E-state index < -0.39 is 20.0 Å². The van der Waals surface area contributed by atoms with Gasteiger partial charge in [-0.2, -0.15) is 0 Å². The zero-order valence-electron chi connectivity index (χ0n) is 42.6. The number of carbonyl (C=O) groups is 1. The fraction of sp³-hybridized carbons (Fsp3) is 0.907. The monoisotopic (exact) mass is 912 g/mol. The quantitative estimate of drug-likeness (QED) is 0.0243. The Hall–Kier alpha value is -1.02. The molecule has 3 N–H and O–H groups in total. The van der Waals surface area contributed by atoms with Crippen molar-refractivity contribution < 1.29 is 32.9 Å². The summed E-state index contributed by atoms with van der Waals surface area (Å²) in [6.07, 6.45) is 56.5. The van der Waals surface area contributed by atoms with Gasteiger partial charge >= 0.3 is 7.82 Å². The van der Waals surface area contributed by atoms with Gasteiger partial charge < -0.3 is 19.8 Å². The number of nitrogens with zero attached hydrogens (tertiary/aromatic N) is 1. The normalized spacial score (nSPS) is 14.2. The van der Waals surface area contributed by atoms with Crippen molar-refractivity contribution in [1.82, 2.24) is 5.32 Å². The first kappa shape index (κ1) is 62.0. The molecule has 1 amide bonds. The van der Waals surface area contributed by atoms with Gasteiger partial charge in [0.05, 0.1) is 39.9 Å². The molecule has 0 saturated heterocycles. The van der Waals surface area contributed by atoms with E-state index in [1.807, 2.05) is 21.1 Å². The SMILES string of the molecule is CCCCC/C=C\C/C=C\CCCCCCCCCC(=O)NC(COP(=O)(O)OCC[N+](C)(C)C)C(O)CCCCCCCCCCCCCCCCCCCCCCCCCC. The summed E-state index contributed by atoms with van der Waals surface area (Å²) in [4.78, 5) is 23.3. The number of phosphoric acid groups is 1. The van der Waals surface area contributed by atoms with E-state index in [-0.39, 0.29) is 19.1 Å². The first-order valence-corrected chi connectivity index (χ1v) is 28.7. The van der Waals surface area contributed by atoms with Crippen molar-refractivity contribution in [2.45, 2.75) is 276 Å². The van der Waals surface area contributed by atoms with E-state index in [4.69, 9.17) is 9.05 Å². The molecule has 3 atom stereocenters. The van der Waals surface area contributed by atoms with Crippen molar-refractivity contribution in [2.24, 2.45) is 0 Å². The molecular weight excluding hydrogens is 804 g/mol. The maximum absolute atomic E-state index is 13.0. The van der Waals surface area contributed by atoms with Gasteiger partial charge in [-0.3, -0.25) is 13.8 Å². The molecule has 8 nitrogen and oxygen atoms in total. The summed E-state index contributed by atoms with van der Waals surface area (Å²) in [6, 6.07) is -0.764. The van der Waals surface area contributed by atoms with Crippen LogP contribution in [0.2, 0.25) is 0 Å². The van der Waals surface area contributed by atoms with Gasteiger partial charge in [-0.15, -0.1) is 0 Å². The molecule has 0 radical (unpaired) electrons. The number of aliphatic hydroxyl groups excluding tert-OH is 1. The highest BCUT2D eigenvalue weighted by atomic mass is 31.2. The summed E-state index contributed by atoms with van der Waals surface area (Å²) in [6.45, 7) is 4.89. The summed E-state index contributed by atoms with van der Waals surface area (Å²) in [5.74, 6) is -0.149. The number of phosphoric ester groups is 1. The lowest BCUT2D eigenvalue weighted by molar-refractivity contribution is -0.870. The van der Waals surface area contributed by atoms with Gasteiger partial charge in [-0.25, -0.2) is 4.57 Å². The average Bonchev–Trinajstić information content (AvgIpc) is 3.24. The topological polar surface area (TPSA) is 105 Å². The van der Waals surface area contributed by atoms with Crippen LogP contribution in [0.1, 0.15) is 264 Å². The van der Waals surface area contributed by atoms with Gasteiger partial charge in [0, 0.05) is 6.42 Å². The molecule has 0 fully saturated rings. The third-order valence-electron chi connectivity index (χ3n) is 12.5. The number of carbonyl (C=O) groups excluding carboxylic acids is 1. The Morgan fingerprint density at radius 2 is 0.905 bits per heavy atom. The smallest absolute Gasteiger partial charge is 0.391 e. The highest BCUT2D eigenvalue weighted by Gasteiger charge is 2.28. The van der Waals surface area contributed by atoms with Crippen LogP contribution in [0.25, 0.3) is 0 Å². The number of amides is 1. The van der Waals surface area contributed by atoms with Crippen molar-refractivity contribution in [1.29, 1.82) is 0 Å². The number of allylic oxidation sites excluding steroid dienone is 4. The van der Waals surface area contributed by atoms with E-state index in [0.717, 1.165) is 51.4 Å². The second kappa shape index (κ2) is 46.1. The number of quaternary nitrogens is 1. The fourth-order valence-corrected chi connectivity index (χ4v) is 8.87. The molecule has 0 heterocycles. The second-order valence-electron chi connectivity index (χ2n) is 20.0. The lowest BCUT2D eigenvalue weighted by Gasteiger charge is -2.26. The first-order chi connectivity index (χ1) is 30.5. The van der Waals surface area contributed by atoms with Crippen LogP contribution >= 0.6 is 7.82 Å². The van der Waals surface area contributed by atoms with E-state index in [2.05, 4.69) is 43.5 Å². The number of aliphatic hydroxyl groups is 1. The van der Waals surface area contributed by atoms with Crippen LogP contribution in [0.3, 0.4) is 0 Å².